The minimum atomic E-state index is -0.0850. The second-order valence-electron chi connectivity index (χ2n) is 7.60. The van der Waals surface area contributed by atoms with E-state index < -0.39 is 0 Å². The fraction of sp³-hybridized carbons (Fsp3) is 0.882. The average Bonchev–Trinajstić information content (AvgIpc) is 2.43. The van der Waals surface area contributed by atoms with Gasteiger partial charge in [-0.2, -0.15) is 0 Å². The smallest absolute Gasteiger partial charge is 0.239 e. The molecule has 2 N–H and O–H groups in total. The second kappa shape index (κ2) is 9.13. The zero-order valence-electron chi connectivity index (χ0n) is 14.7. The van der Waals surface area contributed by atoms with Crippen LogP contribution in [0.3, 0.4) is 0 Å². The van der Waals surface area contributed by atoms with Crippen molar-refractivity contribution in [1.82, 2.24) is 15.5 Å². The Bertz CT molecular complexity index is 355. The van der Waals surface area contributed by atoms with Gasteiger partial charge in [-0.1, -0.05) is 27.7 Å². The summed E-state index contributed by atoms with van der Waals surface area (Å²) in [5.74, 6) is 0.427. The van der Waals surface area contributed by atoms with Gasteiger partial charge in [0.05, 0.1) is 6.54 Å². The average molecular weight is 311 g/mol. The van der Waals surface area contributed by atoms with Gasteiger partial charge in [-0.05, 0) is 50.2 Å². The van der Waals surface area contributed by atoms with E-state index in [0.29, 0.717) is 12.3 Å². The van der Waals surface area contributed by atoms with Crippen LogP contribution in [0.2, 0.25) is 0 Å². The molecule has 0 aromatic carbocycles. The Kier molecular flexibility index (Phi) is 7.87. The van der Waals surface area contributed by atoms with Crippen LogP contribution in [0.5, 0.6) is 0 Å². The van der Waals surface area contributed by atoms with Crippen LogP contribution in [0, 0.1) is 11.3 Å². The van der Waals surface area contributed by atoms with Gasteiger partial charge in [0.1, 0.15) is 0 Å². The Morgan fingerprint density at radius 3 is 2.27 bits per heavy atom. The van der Waals surface area contributed by atoms with Crippen molar-refractivity contribution in [3.63, 3.8) is 0 Å². The number of hydrogen-bond acceptors (Lipinski definition) is 3. The van der Waals surface area contributed by atoms with Gasteiger partial charge in [-0.3, -0.25) is 9.59 Å². The van der Waals surface area contributed by atoms with Crippen molar-refractivity contribution in [1.29, 1.82) is 0 Å². The number of piperidine rings is 1. The lowest BCUT2D eigenvalue weighted by Crippen LogP contribution is -2.42. The van der Waals surface area contributed by atoms with Crippen molar-refractivity contribution in [3.05, 3.63) is 0 Å². The fourth-order valence-corrected chi connectivity index (χ4v) is 2.77. The summed E-state index contributed by atoms with van der Waals surface area (Å²) in [4.78, 5) is 25.9. The molecule has 0 spiro atoms. The molecule has 5 nitrogen and oxygen atoms in total. The maximum Gasteiger partial charge on any atom is 0.239 e. The summed E-state index contributed by atoms with van der Waals surface area (Å²) in [5.41, 5.74) is -0.0486. The predicted molar refractivity (Wildman–Crippen MR) is 89.5 cm³/mol. The third-order valence-corrected chi connectivity index (χ3v) is 3.97. The van der Waals surface area contributed by atoms with Crippen LogP contribution < -0.4 is 10.6 Å². The Morgan fingerprint density at radius 1 is 1.09 bits per heavy atom. The number of likely N-dealkylation sites (tertiary alicyclic amines) is 1. The van der Waals surface area contributed by atoms with Crippen LogP contribution in [0.4, 0.5) is 0 Å². The highest BCUT2D eigenvalue weighted by molar-refractivity contribution is 5.84. The molecule has 22 heavy (non-hydrogen) atoms. The molecule has 1 aliphatic heterocycles. The lowest BCUT2D eigenvalue weighted by atomic mass is 9.92. The third kappa shape index (κ3) is 8.37. The standard InChI is InChI=1S/C17H33N3O2/c1-5-8-20-9-6-14(7-10-20)12-18-16(22)13-19-15(21)11-17(2,3)4/h14H,5-13H2,1-4H3,(H,18,22)(H,19,21). The van der Waals surface area contributed by atoms with Crippen molar-refractivity contribution < 1.29 is 9.59 Å². The molecular weight excluding hydrogens is 278 g/mol. The van der Waals surface area contributed by atoms with E-state index in [1.54, 1.807) is 0 Å². The Balaban J connectivity index is 2.12. The van der Waals surface area contributed by atoms with E-state index in [2.05, 4.69) is 22.5 Å². The van der Waals surface area contributed by atoms with Crippen molar-refractivity contribution in [2.75, 3.05) is 32.7 Å². The predicted octanol–water partition coefficient (Wildman–Crippen LogP) is 1.78. The number of nitrogens with zero attached hydrogens (tertiary/aromatic N) is 1. The molecule has 0 atom stereocenters. The monoisotopic (exact) mass is 311 g/mol. The second-order valence-corrected chi connectivity index (χ2v) is 7.60. The molecule has 128 valence electrons. The van der Waals surface area contributed by atoms with E-state index in [4.69, 9.17) is 0 Å². The van der Waals surface area contributed by atoms with Crippen LogP contribution >= 0.6 is 0 Å². The highest BCUT2D eigenvalue weighted by Crippen LogP contribution is 2.18. The first-order valence-corrected chi connectivity index (χ1v) is 8.56. The van der Waals surface area contributed by atoms with Crippen molar-refractivity contribution >= 4 is 11.8 Å². The highest BCUT2D eigenvalue weighted by Gasteiger charge is 2.19. The van der Waals surface area contributed by atoms with Gasteiger partial charge in [-0.25, -0.2) is 0 Å². The maximum atomic E-state index is 11.8. The summed E-state index contributed by atoms with van der Waals surface area (Å²) in [7, 11) is 0. The molecule has 1 fully saturated rings. The van der Waals surface area contributed by atoms with E-state index in [1.165, 1.54) is 13.0 Å². The van der Waals surface area contributed by atoms with E-state index >= 15 is 0 Å². The summed E-state index contributed by atoms with van der Waals surface area (Å²) in [6, 6.07) is 0. The molecule has 1 rings (SSSR count). The Labute approximate surface area is 135 Å². The minimum absolute atomic E-state index is 0.0486. The topological polar surface area (TPSA) is 61.4 Å². The van der Waals surface area contributed by atoms with Crippen LogP contribution in [-0.4, -0.2) is 49.4 Å². The number of rotatable bonds is 7. The quantitative estimate of drug-likeness (QED) is 0.753. The maximum absolute atomic E-state index is 11.8. The number of carbonyl (C=O) groups excluding carboxylic acids is 2. The van der Waals surface area contributed by atoms with Crippen molar-refractivity contribution in [2.24, 2.45) is 11.3 Å². The molecule has 0 aromatic heterocycles. The van der Waals surface area contributed by atoms with Crippen molar-refractivity contribution in [2.45, 2.75) is 53.4 Å². The lowest BCUT2D eigenvalue weighted by molar-refractivity contribution is -0.127. The number of carbonyl (C=O) groups is 2. The SMILES string of the molecule is CCCN1CCC(CNC(=O)CNC(=O)CC(C)(C)C)CC1. The van der Waals surface area contributed by atoms with Crippen LogP contribution in [-0.2, 0) is 9.59 Å². The Morgan fingerprint density at radius 2 is 1.73 bits per heavy atom. The molecule has 0 unspecified atom stereocenters. The van der Waals surface area contributed by atoms with Gasteiger partial charge in [-0.15, -0.1) is 0 Å². The largest absolute Gasteiger partial charge is 0.354 e. The molecule has 0 aliphatic carbocycles. The summed E-state index contributed by atoms with van der Waals surface area (Å²) < 4.78 is 0. The molecule has 5 heteroatoms. The van der Waals surface area contributed by atoms with Gasteiger partial charge >= 0.3 is 0 Å². The van der Waals surface area contributed by atoms with E-state index in [0.717, 1.165) is 32.5 Å². The van der Waals surface area contributed by atoms with Gasteiger partial charge < -0.3 is 15.5 Å². The van der Waals surface area contributed by atoms with E-state index in [9.17, 15) is 9.59 Å². The van der Waals surface area contributed by atoms with Gasteiger partial charge in [0, 0.05) is 13.0 Å². The Hall–Kier alpha value is -1.10. The molecule has 1 saturated heterocycles. The number of hydrogen-bond donors (Lipinski definition) is 2. The first kappa shape index (κ1) is 18.9. The molecule has 0 radical (unpaired) electrons. The molecule has 0 bridgehead atoms. The molecule has 1 heterocycles. The van der Waals surface area contributed by atoms with Crippen LogP contribution in [0.1, 0.15) is 53.4 Å². The van der Waals surface area contributed by atoms with Gasteiger partial charge in [0.2, 0.25) is 11.8 Å². The molecule has 0 aromatic rings. The van der Waals surface area contributed by atoms with Crippen LogP contribution in [0.15, 0.2) is 0 Å². The van der Waals surface area contributed by atoms with Crippen LogP contribution in [0.25, 0.3) is 0 Å². The van der Waals surface area contributed by atoms with Gasteiger partial charge in [0.15, 0.2) is 0 Å². The fourth-order valence-electron chi connectivity index (χ4n) is 2.77. The molecular formula is C17H33N3O2. The van der Waals surface area contributed by atoms with E-state index in [1.807, 2.05) is 20.8 Å². The normalized spacial score (nSPS) is 17.3. The summed E-state index contributed by atoms with van der Waals surface area (Å²) >= 11 is 0. The molecule has 0 saturated carbocycles. The zero-order chi connectivity index (χ0) is 16.6. The highest BCUT2D eigenvalue weighted by atomic mass is 16.2. The minimum Gasteiger partial charge on any atom is -0.354 e. The zero-order valence-corrected chi connectivity index (χ0v) is 14.7. The van der Waals surface area contributed by atoms with Gasteiger partial charge in [0.25, 0.3) is 0 Å². The third-order valence-electron chi connectivity index (χ3n) is 3.97. The van der Waals surface area contributed by atoms with E-state index in [-0.39, 0.29) is 23.8 Å². The van der Waals surface area contributed by atoms with Crippen molar-refractivity contribution in [3.8, 4) is 0 Å². The summed E-state index contributed by atoms with van der Waals surface area (Å²) in [6.45, 7) is 12.5. The number of nitrogens with one attached hydrogen (secondary N) is 2. The first-order chi connectivity index (χ1) is 10.3. The summed E-state index contributed by atoms with van der Waals surface area (Å²) in [5, 5.41) is 5.64. The molecule has 2 amide bonds. The summed E-state index contributed by atoms with van der Waals surface area (Å²) in [6.07, 6.45) is 3.94. The lowest BCUT2D eigenvalue weighted by Gasteiger charge is -2.31. The number of amides is 2. The first-order valence-electron chi connectivity index (χ1n) is 8.56. The molecule has 1 aliphatic rings.